The summed E-state index contributed by atoms with van der Waals surface area (Å²) in [4.78, 5) is 21.2. The highest BCUT2D eigenvalue weighted by molar-refractivity contribution is 5.99. The van der Waals surface area contributed by atoms with Crippen molar-refractivity contribution in [3.63, 3.8) is 0 Å². The monoisotopic (exact) mass is 303 g/mol. The molecule has 0 bridgehead atoms. The van der Waals surface area contributed by atoms with Gasteiger partial charge in [-0.15, -0.1) is 0 Å². The molecule has 0 spiro atoms. The summed E-state index contributed by atoms with van der Waals surface area (Å²) in [7, 11) is 0. The maximum Gasteiger partial charge on any atom is 0.257 e. The first kappa shape index (κ1) is 15.3. The third kappa shape index (κ3) is 3.09. The summed E-state index contributed by atoms with van der Waals surface area (Å²) in [5.74, 6) is 1.11. The number of pyridine rings is 1. The van der Waals surface area contributed by atoms with E-state index >= 15 is 0 Å². The van der Waals surface area contributed by atoms with Gasteiger partial charge < -0.3 is 14.9 Å². The van der Waals surface area contributed by atoms with Crippen LogP contribution in [-0.4, -0.2) is 53.2 Å². The van der Waals surface area contributed by atoms with E-state index in [1.54, 1.807) is 6.20 Å². The zero-order valence-electron chi connectivity index (χ0n) is 13.2. The molecule has 2 saturated heterocycles. The highest BCUT2D eigenvalue weighted by atomic mass is 16.3. The average molecular weight is 303 g/mol. The first-order valence-electron chi connectivity index (χ1n) is 8.34. The Morgan fingerprint density at radius 1 is 1.27 bits per heavy atom. The van der Waals surface area contributed by atoms with Gasteiger partial charge in [-0.2, -0.15) is 0 Å². The molecule has 1 N–H and O–H groups in total. The third-order valence-corrected chi connectivity index (χ3v) is 4.88. The number of rotatable bonds is 2. The average Bonchev–Trinajstić information content (AvgIpc) is 2.57. The Morgan fingerprint density at radius 2 is 2.05 bits per heavy atom. The highest BCUT2D eigenvalue weighted by Gasteiger charge is 2.29. The van der Waals surface area contributed by atoms with Gasteiger partial charge in [-0.25, -0.2) is 4.98 Å². The van der Waals surface area contributed by atoms with E-state index in [2.05, 4.69) is 16.8 Å². The Bertz CT molecular complexity index is 528. The molecule has 5 nitrogen and oxygen atoms in total. The number of hydrogen-bond acceptors (Lipinski definition) is 4. The summed E-state index contributed by atoms with van der Waals surface area (Å²) in [6.45, 7) is 5.15. The molecular weight excluding hydrogens is 278 g/mol. The number of aliphatic hydroxyl groups excluding tert-OH is 1. The molecule has 1 amide bonds. The number of amides is 1. The molecule has 120 valence electrons. The van der Waals surface area contributed by atoms with Gasteiger partial charge in [0, 0.05) is 32.4 Å². The van der Waals surface area contributed by atoms with E-state index in [4.69, 9.17) is 0 Å². The van der Waals surface area contributed by atoms with Gasteiger partial charge in [0.2, 0.25) is 0 Å². The van der Waals surface area contributed by atoms with E-state index in [1.165, 1.54) is 6.42 Å². The van der Waals surface area contributed by atoms with E-state index < -0.39 is 0 Å². The van der Waals surface area contributed by atoms with Crippen LogP contribution in [0, 0.1) is 5.92 Å². The van der Waals surface area contributed by atoms with Crippen LogP contribution < -0.4 is 4.90 Å². The largest absolute Gasteiger partial charge is 0.391 e. The minimum atomic E-state index is -0.353. The van der Waals surface area contributed by atoms with Gasteiger partial charge in [0.1, 0.15) is 5.82 Å². The van der Waals surface area contributed by atoms with Crippen LogP contribution in [0.4, 0.5) is 5.82 Å². The molecule has 1 aromatic rings. The van der Waals surface area contributed by atoms with Gasteiger partial charge in [0.25, 0.3) is 5.91 Å². The summed E-state index contributed by atoms with van der Waals surface area (Å²) in [5, 5.41) is 10.1. The van der Waals surface area contributed by atoms with E-state index in [-0.39, 0.29) is 12.0 Å². The van der Waals surface area contributed by atoms with Gasteiger partial charge in [0.05, 0.1) is 11.7 Å². The highest BCUT2D eigenvalue weighted by Crippen LogP contribution is 2.26. The lowest BCUT2D eigenvalue weighted by atomic mass is 9.95. The Balaban J connectivity index is 1.82. The van der Waals surface area contributed by atoms with Crippen LogP contribution in [0.3, 0.4) is 0 Å². The van der Waals surface area contributed by atoms with Crippen LogP contribution in [0.15, 0.2) is 18.3 Å². The second kappa shape index (κ2) is 6.65. The molecule has 0 aromatic carbocycles. The van der Waals surface area contributed by atoms with Gasteiger partial charge in [0.15, 0.2) is 0 Å². The van der Waals surface area contributed by atoms with Gasteiger partial charge in [-0.3, -0.25) is 4.79 Å². The Hall–Kier alpha value is -1.62. The quantitative estimate of drug-likeness (QED) is 0.907. The molecule has 3 rings (SSSR count). The molecule has 22 heavy (non-hydrogen) atoms. The first-order valence-corrected chi connectivity index (χ1v) is 8.34. The van der Waals surface area contributed by atoms with Crippen LogP contribution in [0.25, 0.3) is 0 Å². The lowest BCUT2D eigenvalue weighted by Gasteiger charge is -2.36. The standard InChI is InChI=1S/C17H25N3O2/c1-13-7-11-20(12-15(13)21)16-14(6-5-8-18-16)17(22)19-9-3-2-4-10-19/h5-6,8,13,15,21H,2-4,7,9-12H2,1H3. The summed E-state index contributed by atoms with van der Waals surface area (Å²) in [6, 6.07) is 3.69. The van der Waals surface area contributed by atoms with Gasteiger partial charge >= 0.3 is 0 Å². The van der Waals surface area contributed by atoms with Crippen molar-refractivity contribution in [3.05, 3.63) is 23.9 Å². The van der Waals surface area contributed by atoms with Crippen molar-refractivity contribution in [3.8, 4) is 0 Å². The molecule has 2 aliphatic heterocycles. The van der Waals surface area contributed by atoms with Crippen LogP contribution in [-0.2, 0) is 0 Å². The number of piperidine rings is 2. The number of carbonyl (C=O) groups excluding carboxylic acids is 1. The molecule has 2 fully saturated rings. The Morgan fingerprint density at radius 3 is 2.77 bits per heavy atom. The fraction of sp³-hybridized carbons (Fsp3) is 0.647. The van der Waals surface area contributed by atoms with Crippen molar-refractivity contribution in [2.75, 3.05) is 31.1 Å². The number of aromatic nitrogens is 1. The zero-order valence-corrected chi connectivity index (χ0v) is 13.2. The van der Waals surface area contributed by atoms with Crippen molar-refractivity contribution in [2.45, 2.75) is 38.7 Å². The second-order valence-electron chi connectivity index (χ2n) is 6.51. The minimum Gasteiger partial charge on any atom is -0.391 e. The number of aliphatic hydroxyl groups is 1. The Labute approximate surface area is 131 Å². The molecule has 3 heterocycles. The predicted octanol–water partition coefficient (Wildman–Crippen LogP) is 1.91. The summed E-state index contributed by atoms with van der Waals surface area (Å²) in [5.41, 5.74) is 0.672. The van der Waals surface area contributed by atoms with E-state index in [1.807, 2.05) is 17.0 Å². The maximum absolute atomic E-state index is 12.8. The van der Waals surface area contributed by atoms with Gasteiger partial charge in [-0.1, -0.05) is 6.92 Å². The number of nitrogens with zero attached hydrogens (tertiary/aromatic N) is 3. The second-order valence-corrected chi connectivity index (χ2v) is 6.51. The van der Waals surface area contributed by atoms with E-state index in [0.29, 0.717) is 18.0 Å². The van der Waals surface area contributed by atoms with Gasteiger partial charge in [-0.05, 0) is 43.7 Å². The molecular formula is C17H25N3O2. The van der Waals surface area contributed by atoms with Crippen LogP contribution in [0.5, 0.6) is 0 Å². The number of hydrogen-bond donors (Lipinski definition) is 1. The normalized spacial score (nSPS) is 26.1. The first-order chi connectivity index (χ1) is 10.7. The molecule has 5 heteroatoms. The molecule has 2 unspecified atom stereocenters. The predicted molar refractivity (Wildman–Crippen MR) is 86.0 cm³/mol. The van der Waals surface area contributed by atoms with Crippen molar-refractivity contribution < 1.29 is 9.90 Å². The molecule has 1 aromatic heterocycles. The maximum atomic E-state index is 12.8. The van der Waals surface area contributed by atoms with E-state index in [0.717, 1.165) is 44.7 Å². The van der Waals surface area contributed by atoms with Crippen molar-refractivity contribution in [1.29, 1.82) is 0 Å². The molecule has 0 aliphatic carbocycles. The van der Waals surface area contributed by atoms with Crippen LogP contribution in [0.2, 0.25) is 0 Å². The zero-order chi connectivity index (χ0) is 15.5. The van der Waals surface area contributed by atoms with Crippen LogP contribution in [0.1, 0.15) is 43.0 Å². The van der Waals surface area contributed by atoms with Crippen LogP contribution >= 0.6 is 0 Å². The summed E-state index contributed by atoms with van der Waals surface area (Å²) >= 11 is 0. The number of β-amino-alcohol motifs (C(OH)–C–C–N with tert-alkyl or cyclic N) is 1. The summed E-state index contributed by atoms with van der Waals surface area (Å²) < 4.78 is 0. The number of anilines is 1. The van der Waals surface area contributed by atoms with Crippen molar-refractivity contribution in [1.82, 2.24) is 9.88 Å². The minimum absolute atomic E-state index is 0.0795. The number of carbonyl (C=O) groups is 1. The van der Waals surface area contributed by atoms with E-state index in [9.17, 15) is 9.90 Å². The fourth-order valence-corrected chi connectivity index (χ4v) is 3.32. The lowest BCUT2D eigenvalue weighted by Crippen LogP contribution is -2.44. The smallest absolute Gasteiger partial charge is 0.257 e. The summed E-state index contributed by atoms with van der Waals surface area (Å²) in [6.07, 6.45) is 5.68. The fourth-order valence-electron chi connectivity index (χ4n) is 3.32. The molecule has 2 aliphatic rings. The van der Waals surface area contributed by atoms with Crippen molar-refractivity contribution in [2.24, 2.45) is 5.92 Å². The van der Waals surface area contributed by atoms with Crippen molar-refractivity contribution >= 4 is 11.7 Å². The third-order valence-electron chi connectivity index (χ3n) is 4.88. The molecule has 0 radical (unpaired) electrons. The topological polar surface area (TPSA) is 56.7 Å². The number of likely N-dealkylation sites (tertiary alicyclic amines) is 1. The molecule has 2 atom stereocenters. The molecule has 0 saturated carbocycles. The Kier molecular flexibility index (Phi) is 4.62. The SMILES string of the molecule is CC1CCN(c2ncccc2C(=O)N2CCCCC2)CC1O. The lowest BCUT2D eigenvalue weighted by molar-refractivity contribution is 0.0722.